The number of fused-ring (bicyclic) bond motifs is 1. The van der Waals surface area contributed by atoms with Gasteiger partial charge in [-0.25, -0.2) is 0 Å². The number of benzene rings is 2. The molecule has 1 N–H and O–H groups in total. The third-order valence-corrected chi connectivity index (χ3v) is 4.08. The van der Waals surface area contributed by atoms with Gasteiger partial charge in [0.05, 0.1) is 13.7 Å². The van der Waals surface area contributed by atoms with E-state index in [9.17, 15) is 4.79 Å². The number of ether oxygens (including phenoxy) is 3. The lowest BCUT2D eigenvalue weighted by molar-refractivity contribution is -0.111. The molecular weight excluding hydrogens is 330 g/mol. The number of carbonyl (C=O) groups is 1. The fourth-order valence-electron chi connectivity index (χ4n) is 2.92. The highest BCUT2D eigenvalue weighted by Crippen LogP contribution is 2.35. The highest BCUT2D eigenvalue weighted by molar-refractivity contribution is 6.02. The number of carbonyl (C=O) groups excluding carboxylic acids is 1. The van der Waals surface area contributed by atoms with Crippen molar-refractivity contribution < 1.29 is 19.0 Å². The summed E-state index contributed by atoms with van der Waals surface area (Å²) in [5.74, 6) is 2.08. The van der Waals surface area contributed by atoms with E-state index < -0.39 is 0 Å². The first-order chi connectivity index (χ1) is 12.6. The molecule has 26 heavy (non-hydrogen) atoms. The molecule has 0 bridgehead atoms. The molecule has 0 aromatic heterocycles. The maximum Gasteiger partial charge on any atom is 0.248 e. The molecule has 1 heterocycles. The summed E-state index contributed by atoms with van der Waals surface area (Å²) >= 11 is 0. The largest absolute Gasteiger partial charge is 0.497 e. The lowest BCUT2D eigenvalue weighted by Crippen LogP contribution is -2.07. The number of anilines is 1. The lowest BCUT2D eigenvalue weighted by atomic mass is 10.1. The third-order valence-electron chi connectivity index (χ3n) is 4.08. The van der Waals surface area contributed by atoms with Gasteiger partial charge in [-0.2, -0.15) is 0 Å². The van der Waals surface area contributed by atoms with Gasteiger partial charge < -0.3 is 19.5 Å². The summed E-state index contributed by atoms with van der Waals surface area (Å²) in [6, 6.07) is 11.2. The molecule has 3 rings (SSSR count). The number of hydrogen-bond acceptors (Lipinski definition) is 4. The normalized spacial score (nSPS) is 15.4. The molecule has 0 fully saturated rings. The van der Waals surface area contributed by atoms with Gasteiger partial charge in [0, 0.05) is 35.4 Å². The summed E-state index contributed by atoms with van der Waals surface area (Å²) in [6.45, 7) is 4.54. The molecule has 1 aliphatic heterocycles. The highest BCUT2D eigenvalue weighted by atomic mass is 16.5. The Morgan fingerprint density at radius 1 is 1.35 bits per heavy atom. The zero-order valence-electron chi connectivity index (χ0n) is 15.2. The van der Waals surface area contributed by atoms with Crippen LogP contribution in [0.15, 0.2) is 42.5 Å². The minimum Gasteiger partial charge on any atom is -0.497 e. The fourth-order valence-corrected chi connectivity index (χ4v) is 2.92. The Morgan fingerprint density at radius 3 is 2.96 bits per heavy atom. The lowest BCUT2D eigenvalue weighted by Gasteiger charge is -2.10. The van der Waals surface area contributed by atoms with Crippen LogP contribution < -0.4 is 19.5 Å². The van der Waals surface area contributed by atoms with Crippen molar-refractivity contribution in [3.63, 3.8) is 0 Å². The predicted octanol–water partition coefficient (Wildman–Crippen LogP) is 4.07. The van der Waals surface area contributed by atoms with Gasteiger partial charge in [0.15, 0.2) is 0 Å². The van der Waals surface area contributed by atoms with Crippen molar-refractivity contribution >= 4 is 17.7 Å². The van der Waals surface area contributed by atoms with Crippen LogP contribution >= 0.6 is 0 Å². The molecule has 5 nitrogen and oxygen atoms in total. The van der Waals surface area contributed by atoms with Crippen LogP contribution in [-0.2, 0) is 11.2 Å². The minimum atomic E-state index is -0.226. The average molecular weight is 353 g/mol. The maximum absolute atomic E-state index is 12.2. The van der Waals surface area contributed by atoms with Gasteiger partial charge in [0.1, 0.15) is 23.4 Å². The molecule has 2 aromatic carbocycles. The first kappa shape index (κ1) is 17.9. The van der Waals surface area contributed by atoms with Gasteiger partial charge in [0.2, 0.25) is 5.91 Å². The van der Waals surface area contributed by atoms with Gasteiger partial charge in [-0.15, -0.1) is 0 Å². The predicted molar refractivity (Wildman–Crippen MR) is 102 cm³/mol. The third kappa shape index (κ3) is 4.17. The van der Waals surface area contributed by atoms with Gasteiger partial charge in [0.25, 0.3) is 0 Å². The Kier molecular flexibility index (Phi) is 5.46. The number of rotatable bonds is 6. The van der Waals surface area contributed by atoms with Crippen molar-refractivity contribution in [3.8, 4) is 17.2 Å². The Bertz CT molecular complexity index is 829. The van der Waals surface area contributed by atoms with E-state index in [1.54, 1.807) is 19.3 Å². The standard InChI is InChI=1S/C21H23NO4/c1-4-25-19-12-16-10-14(2)26-20(16)11-15(19)8-9-21(23)22-17-6-5-7-18(13-17)24-3/h5-9,11-14H,4,10H2,1-3H3,(H,22,23). The topological polar surface area (TPSA) is 56.8 Å². The first-order valence-corrected chi connectivity index (χ1v) is 8.68. The molecule has 0 spiro atoms. The van der Waals surface area contributed by atoms with Crippen LogP contribution in [0.3, 0.4) is 0 Å². The van der Waals surface area contributed by atoms with Crippen molar-refractivity contribution in [1.29, 1.82) is 0 Å². The van der Waals surface area contributed by atoms with E-state index in [2.05, 4.69) is 5.32 Å². The minimum absolute atomic E-state index is 0.162. The van der Waals surface area contributed by atoms with E-state index in [0.29, 0.717) is 18.0 Å². The van der Waals surface area contributed by atoms with Crippen LogP contribution in [0, 0.1) is 0 Å². The van der Waals surface area contributed by atoms with Crippen LogP contribution in [0.25, 0.3) is 6.08 Å². The van der Waals surface area contributed by atoms with Crippen molar-refractivity contribution in [2.45, 2.75) is 26.4 Å². The van der Waals surface area contributed by atoms with Crippen LogP contribution in [0.2, 0.25) is 0 Å². The van der Waals surface area contributed by atoms with Crippen molar-refractivity contribution in [2.24, 2.45) is 0 Å². The zero-order chi connectivity index (χ0) is 18.5. The quantitative estimate of drug-likeness (QED) is 0.796. The van der Waals surface area contributed by atoms with Crippen molar-refractivity contribution in [1.82, 2.24) is 0 Å². The Morgan fingerprint density at radius 2 is 2.19 bits per heavy atom. The molecule has 5 heteroatoms. The second-order valence-corrected chi connectivity index (χ2v) is 6.12. The summed E-state index contributed by atoms with van der Waals surface area (Å²) in [6.07, 6.45) is 4.26. The molecule has 1 aliphatic rings. The van der Waals surface area contributed by atoms with E-state index in [0.717, 1.165) is 29.0 Å². The molecule has 136 valence electrons. The van der Waals surface area contributed by atoms with E-state index in [1.807, 2.05) is 44.2 Å². The second kappa shape index (κ2) is 7.95. The van der Waals surface area contributed by atoms with E-state index in [-0.39, 0.29) is 12.0 Å². The summed E-state index contributed by atoms with van der Waals surface area (Å²) < 4.78 is 16.7. The number of amides is 1. The van der Waals surface area contributed by atoms with Gasteiger partial charge in [-0.05, 0) is 44.2 Å². The number of nitrogens with one attached hydrogen (secondary N) is 1. The number of hydrogen-bond donors (Lipinski definition) is 1. The summed E-state index contributed by atoms with van der Waals surface area (Å²) in [5, 5.41) is 2.82. The SMILES string of the molecule is CCOc1cc2c(cc1C=CC(=O)Nc1cccc(OC)c1)OC(C)C2. The zero-order valence-corrected chi connectivity index (χ0v) is 15.2. The monoisotopic (exact) mass is 353 g/mol. The van der Waals surface area contributed by atoms with Crippen molar-refractivity contribution in [3.05, 3.63) is 53.6 Å². The van der Waals surface area contributed by atoms with E-state index in [4.69, 9.17) is 14.2 Å². The highest BCUT2D eigenvalue weighted by Gasteiger charge is 2.21. The fraction of sp³-hybridized carbons (Fsp3) is 0.286. The van der Waals surface area contributed by atoms with Crippen LogP contribution in [0.4, 0.5) is 5.69 Å². The van der Waals surface area contributed by atoms with Crippen LogP contribution in [0.1, 0.15) is 25.0 Å². The Labute approximate surface area is 153 Å². The molecule has 1 amide bonds. The van der Waals surface area contributed by atoms with Gasteiger partial charge in [-0.3, -0.25) is 4.79 Å². The van der Waals surface area contributed by atoms with Gasteiger partial charge >= 0.3 is 0 Å². The first-order valence-electron chi connectivity index (χ1n) is 8.68. The summed E-state index contributed by atoms with van der Waals surface area (Å²) in [7, 11) is 1.59. The maximum atomic E-state index is 12.2. The molecule has 0 aliphatic carbocycles. The van der Waals surface area contributed by atoms with Gasteiger partial charge in [-0.1, -0.05) is 6.07 Å². The van der Waals surface area contributed by atoms with E-state index in [1.165, 1.54) is 6.08 Å². The molecule has 0 radical (unpaired) electrons. The smallest absolute Gasteiger partial charge is 0.248 e. The summed E-state index contributed by atoms with van der Waals surface area (Å²) in [4.78, 5) is 12.2. The molecule has 1 unspecified atom stereocenters. The van der Waals surface area contributed by atoms with Crippen LogP contribution in [0.5, 0.6) is 17.2 Å². The summed E-state index contributed by atoms with van der Waals surface area (Å²) in [5.41, 5.74) is 2.63. The molecule has 2 aromatic rings. The average Bonchev–Trinajstić information content (AvgIpc) is 2.99. The molecule has 0 saturated carbocycles. The Balaban J connectivity index is 1.76. The molecule has 1 atom stereocenters. The van der Waals surface area contributed by atoms with Crippen LogP contribution in [-0.4, -0.2) is 25.7 Å². The van der Waals surface area contributed by atoms with E-state index >= 15 is 0 Å². The Hall–Kier alpha value is -2.95. The molecule has 0 saturated heterocycles. The number of methoxy groups -OCH3 is 1. The second-order valence-electron chi connectivity index (χ2n) is 6.12. The molecular formula is C21H23NO4. The van der Waals surface area contributed by atoms with Crippen molar-refractivity contribution in [2.75, 3.05) is 19.0 Å².